The predicted molar refractivity (Wildman–Crippen MR) is 95.3 cm³/mol. The number of benzene rings is 1. The van der Waals surface area contributed by atoms with E-state index in [1.165, 1.54) is 30.4 Å². The molecule has 3 heterocycles. The molecule has 1 aliphatic carbocycles. The molecule has 1 aromatic carbocycles. The molecule has 1 fully saturated rings. The summed E-state index contributed by atoms with van der Waals surface area (Å²) in [5.41, 5.74) is 2.67. The zero-order chi connectivity index (χ0) is 17.7. The maximum atomic E-state index is 5.58. The average molecular weight is 355 g/mol. The second-order valence-corrected chi connectivity index (χ2v) is 7.64. The van der Waals surface area contributed by atoms with E-state index in [-0.39, 0.29) is 11.6 Å². The van der Waals surface area contributed by atoms with Crippen molar-refractivity contribution < 1.29 is 9.47 Å². The highest BCUT2D eigenvalue weighted by Gasteiger charge is 2.51. The van der Waals surface area contributed by atoms with Crippen molar-refractivity contribution in [2.45, 2.75) is 56.7 Å². The molecule has 1 aromatic heterocycles. The van der Waals surface area contributed by atoms with Gasteiger partial charge >= 0.3 is 0 Å². The third-order valence-electron chi connectivity index (χ3n) is 6.53. The van der Waals surface area contributed by atoms with Gasteiger partial charge in [0, 0.05) is 6.54 Å². The Balaban J connectivity index is 1.64. The molecule has 0 amide bonds. The minimum atomic E-state index is -0.0183. The Kier molecular flexibility index (Phi) is 3.67. The Labute approximate surface area is 153 Å². The summed E-state index contributed by atoms with van der Waals surface area (Å²) in [4.78, 5) is 2.69. The molecular weight excluding hydrogens is 330 g/mol. The van der Waals surface area contributed by atoms with Crippen LogP contribution in [-0.4, -0.2) is 45.9 Å². The molecule has 26 heavy (non-hydrogen) atoms. The van der Waals surface area contributed by atoms with Crippen molar-refractivity contribution in [2.24, 2.45) is 0 Å². The topological polar surface area (TPSA) is 65.3 Å². The van der Waals surface area contributed by atoms with Crippen LogP contribution in [-0.2, 0) is 18.5 Å². The Morgan fingerprint density at radius 3 is 2.62 bits per heavy atom. The number of nitrogens with zero attached hydrogens (tertiary/aromatic N) is 5. The number of tetrazole rings is 1. The second kappa shape index (κ2) is 5.94. The Bertz CT molecular complexity index is 827. The van der Waals surface area contributed by atoms with Crippen molar-refractivity contribution in [3.05, 3.63) is 29.1 Å². The third-order valence-corrected chi connectivity index (χ3v) is 6.53. The molecular formula is C19H25N5O2. The summed E-state index contributed by atoms with van der Waals surface area (Å²) in [6.07, 6.45) is 7.11. The molecule has 1 atom stereocenters. The van der Waals surface area contributed by atoms with Gasteiger partial charge in [-0.25, -0.2) is 4.68 Å². The van der Waals surface area contributed by atoms with Crippen molar-refractivity contribution in [3.63, 3.8) is 0 Å². The molecule has 0 N–H and O–H groups in total. The van der Waals surface area contributed by atoms with Gasteiger partial charge in [-0.05, 0) is 52.9 Å². The quantitative estimate of drug-likeness (QED) is 0.824. The number of aromatic nitrogens is 4. The number of ether oxygens (including phenoxy) is 2. The first-order chi connectivity index (χ1) is 12.8. The molecule has 1 unspecified atom stereocenters. The highest BCUT2D eigenvalue weighted by Crippen LogP contribution is 2.51. The van der Waals surface area contributed by atoms with Gasteiger partial charge in [-0.3, -0.25) is 4.90 Å². The molecule has 5 rings (SSSR count). The van der Waals surface area contributed by atoms with Crippen molar-refractivity contribution in [3.8, 4) is 11.5 Å². The van der Waals surface area contributed by atoms with Gasteiger partial charge in [-0.1, -0.05) is 19.3 Å². The summed E-state index contributed by atoms with van der Waals surface area (Å²) in [5.74, 6) is 2.68. The highest BCUT2D eigenvalue weighted by atomic mass is 16.5. The molecule has 1 saturated carbocycles. The van der Waals surface area contributed by atoms with Gasteiger partial charge in [0.2, 0.25) is 0 Å². The molecule has 2 aliphatic heterocycles. The van der Waals surface area contributed by atoms with E-state index in [9.17, 15) is 0 Å². The van der Waals surface area contributed by atoms with E-state index in [0.29, 0.717) is 0 Å². The Morgan fingerprint density at radius 1 is 1.08 bits per heavy atom. The molecule has 0 radical (unpaired) electrons. The van der Waals surface area contributed by atoms with Crippen LogP contribution < -0.4 is 9.47 Å². The van der Waals surface area contributed by atoms with Gasteiger partial charge in [-0.15, -0.1) is 5.10 Å². The summed E-state index contributed by atoms with van der Waals surface area (Å²) in [5, 5.41) is 12.8. The predicted octanol–water partition coefficient (Wildman–Crippen LogP) is 2.46. The molecule has 3 aliphatic rings. The Hall–Kier alpha value is -2.15. The van der Waals surface area contributed by atoms with Gasteiger partial charge in [-0.2, -0.15) is 0 Å². The van der Waals surface area contributed by atoms with Crippen molar-refractivity contribution in [1.82, 2.24) is 25.1 Å². The average Bonchev–Trinajstić information content (AvgIpc) is 3.17. The SMILES string of the molecule is COc1cc2c(cc1OC)C1Cn3nnnc3C3(CCCCC3)N1CC2. The lowest BCUT2D eigenvalue weighted by molar-refractivity contribution is -0.0376. The van der Waals surface area contributed by atoms with Crippen LogP contribution >= 0.6 is 0 Å². The summed E-state index contributed by atoms with van der Waals surface area (Å²) < 4.78 is 13.1. The van der Waals surface area contributed by atoms with E-state index in [0.717, 1.165) is 49.7 Å². The Morgan fingerprint density at radius 2 is 1.85 bits per heavy atom. The van der Waals surface area contributed by atoms with Crippen LogP contribution in [0.5, 0.6) is 11.5 Å². The van der Waals surface area contributed by atoms with Crippen molar-refractivity contribution in [2.75, 3.05) is 20.8 Å². The van der Waals surface area contributed by atoms with Crippen LogP contribution in [0.2, 0.25) is 0 Å². The molecule has 7 heteroatoms. The first-order valence-electron chi connectivity index (χ1n) is 9.55. The van der Waals surface area contributed by atoms with E-state index >= 15 is 0 Å². The molecule has 2 aromatic rings. The lowest BCUT2D eigenvalue weighted by atomic mass is 9.75. The van der Waals surface area contributed by atoms with Crippen LogP contribution in [0, 0.1) is 0 Å². The minimum Gasteiger partial charge on any atom is -0.493 e. The van der Waals surface area contributed by atoms with Crippen molar-refractivity contribution >= 4 is 0 Å². The molecule has 138 valence electrons. The van der Waals surface area contributed by atoms with Crippen LogP contribution in [0.15, 0.2) is 12.1 Å². The van der Waals surface area contributed by atoms with Crippen molar-refractivity contribution in [1.29, 1.82) is 0 Å². The summed E-state index contributed by atoms with van der Waals surface area (Å²) in [7, 11) is 3.40. The maximum Gasteiger partial charge on any atom is 0.171 e. The monoisotopic (exact) mass is 355 g/mol. The standard InChI is InChI=1S/C19H25N5O2/c1-25-16-10-13-6-9-23-15(14(13)11-17(16)26-2)12-24-18(20-21-22-24)19(23)7-4-3-5-8-19/h10-11,15H,3-9,12H2,1-2H3. The zero-order valence-electron chi connectivity index (χ0n) is 15.4. The van der Waals surface area contributed by atoms with Gasteiger partial charge in [0.1, 0.15) is 0 Å². The third kappa shape index (κ3) is 2.13. The first-order valence-corrected chi connectivity index (χ1v) is 9.55. The van der Waals surface area contributed by atoms with Crippen LogP contribution in [0.4, 0.5) is 0 Å². The summed E-state index contributed by atoms with van der Waals surface area (Å²) >= 11 is 0. The number of rotatable bonds is 2. The van der Waals surface area contributed by atoms with Gasteiger partial charge in [0.15, 0.2) is 17.3 Å². The fourth-order valence-electron chi connectivity index (χ4n) is 5.34. The van der Waals surface area contributed by atoms with E-state index in [4.69, 9.17) is 9.47 Å². The molecule has 7 nitrogen and oxygen atoms in total. The van der Waals surface area contributed by atoms with E-state index in [1.807, 2.05) is 4.68 Å². The lowest BCUT2D eigenvalue weighted by Crippen LogP contribution is -2.57. The summed E-state index contributed by atoms with van der Waals surface area (Å²) in [6.45, 7) is 1.84. The number of methoxy groups -OCH3 is 2. The zero-order valence-corrected chi connectivity index (χ0v) is 15.4. The fraction of sp³-hybridized carbons (Fsp3) is 0.632. The minimum absolute atomic E-state index is 0.0183. The fourth-order valence-corrected chi connectivity index (χ4v) is 5.34. The molecule has 0 bridgehead atoms. The van der Waals surface area contributed by atoms with Crippen LogP contribution in [0.1, 0.15) is 55.1 Å². The van der Waals surface area contributed by atoms with E-state index in [2.05, 4.69) is 32.6 Å². The number of fused-ring (bicyclic) bond motifs is 6. The molecule has 0 saturated heterocycles. The number of hydrogen-bond acceptors (Lipinski definition) is 6. The van der Waals surface area contributed by atoms with E-state index in [1.54, 1.807) is 14.2 Å². The van der Waals surface area contributed by atoms with Gasteiger partial charge in [0.25, 0.3) is 0 Å². The highest BCUT2D eigenvalue weighted by molar-refractivity contribution is 5.50. The summed E-state index contributed by atoms with van der Waals surface area (Å²) in [6, 6.07) is 4.60. The molecule has 1 spiro atoms. The largest absolute Gasteiger partial charge is 0.493 e. The van der Waals surface area contributed by atoms with Gasteiger partial charge < -0.3 is 9.47 Å². The number of hydrogen-bond donors (Lipinski definition) is 0. The lowest BCUT2D eigenvalue weighted by Gasteiger charge is -2.54. The van der Waals surface area contributed by atoms with Crippen LogP contribution in [0.3, 0.4) is 0 Å². The maximum absolute atomic E-state index is 5.58. The first kappa shape index (κ1) is 16.1. The normalized spacial score (nSPS) is 23.8. The van der Waals surface area contributed by atoms with Gasteiger partial charge in [0.05, 0.1) is 32.3 Å². The smallest absolute Gasteiger partial charge is 0.171 e. The van der Waals surface area contributed by atoms with Crippen LogP contribution in [0.25, 0.3) is 0 Å². The van der Waals surface area contributed by atoms with E-state index < -0.39 is 0 Å². The second-order valence-electron chi connectivity index (χ2n) is 7.64.